The maximum absolute atomic E-state index is 12.8. The van der Waals surface area contributed by atoms with Crippen molar-refractivity contribution in [1.29, 1.82) is 5.26 Å². The summed E-state index contributed by atoms with van der Waals surface area (Å²) in [6.07, 6.45) is 4.05. The number of anilines is 1. The van der Waals surface area contributed by atoms with Gasteiger partial charge >= 0.3 is 0 Å². The molecule has 3 heterocycles. The van der Waals surface area contributed by atoms with Crippen molar-refractivity contribution >= 4 is 29.2 Å². The number of benzene rings is 1. The number of fused-ring (bicyclic) bond motifs is 1. The van der Waals surface area contributed by atoms with Gasteiger partial charge in [-0.1, -0.05) is 16.8 Å². The van der Waals surface area contributed by atoms with Crippen LogP contribution >= 0.6 is 11.6 Å². The Bertz CT molecular complexity index is 1460. The molecule has 2 aromatic heterocycles. The van der Waals surface area contributed by atoms with E-state index in [1.54, 1.807) is 27.9 Å². The van der Waals surface area contributed by atoms with Gasteiger partial charge in [-0.25, -0.2) is 4.68 Å². The molecule has 1 saturated heterocycles. The van der Waals surface area contributed by atoms with E-state index in [4.69, 9.17) is 11.6 Å². The molecule has 0 unspecified atom stereocenters. The summed E-state index contributed by atoms with van der Waals surface area (Å²) >= 11 is 6.11. The van der Waals surface area contributed by atoms with Gasteiger partial charge in [0.15, 0.2) is 11.5 Å². The first kappa shape index (κ1) is 23.6. The van der Waals surface area contributed by atoms with Crippen LogP contribution in [-0.4, -0.2) is 49.6 Å². The van der Waals surface area contributed by atoms with Crippen LogP contribution < -0.4 is 10.2 Å². The molecule has 3 atom stereocenters. The van der Waals surface area contributed by atoms with Crippen LogP contribution in [0.4, 0.5) is 5.82 Å². The molecule has 188 valence electrons. The molecule has 0 radical (unpaired) electrons. The van der Waals surface area contributed by atoms with Crippen LogP contribution in [0.25, 0.3) is 0 Å². The molecule has 1 aromatic carbocycles. The standard InChI is InChI=1S/C26H25ClN8O2/c1-13-5-23(34-11-17-8-21(17)26(34)37)31-32-24(13)14(2)35-12-22(30-33-35)25(36)29-19-6-16(7-19)20-9-18(27)4-3-15(20)10-28/h3-5,9,12,14,16-17,19,21H,6-8,11H2,1-2H3,(H,29,36)/t14-,16?,17+,19?,21+/m0/s1. The van der Waals surface area contributed by atoms with Gasteiger partial charge in [-0.15, -0.1) is 10.2 Å². The molecule has 3 fully saturated rings. The lowest BCUT2D eigenvalue weighted by atomic mass is 9.74. The molecular weight excluding hydrogens is 492 g/mol. The van der Waals surface area contributed by atoms with Gasteiger partial charge in [0, 0.05) is 23.5 Å². The average molecular weight is 517 g/mol. The first-order valence-electron chi connectivity index (χ1n) is 12.4. The molecular formula is C26H25ClN8O2. The first-order chi connectivity index (χ1) is 17.8. The fourth-order valence-corrected chi connectivity index (χ4v) is 5.61. The predicted molar refractivity (Wildman–Crippen MR) is 134 cm³/mol. The van der Waals surface area contributed by atoms with Gasteiger partial charge in [0.25, 0.3) is 5.91 Å². The van der Waals surface area contributed by atoms with Crippen LogP contribution in [0.5, 0.6) is 0 Å². The molecule has 2 aliphatic carbocycles. The summed E-state index contributed by atoms with van der Waals surface area (Å²) in [4.78, 5) is 26.9. The second-order valence-electron chi connectivity index (χ2n) is 10.3. The molecule has 10 nitrogen and oxygen atoms in total. The molecule has 37 heavy (non-hydrogen) atoms. The minimum Gasteiger partial charge on any atom is -0.348 e. The average Bonchev–Trinajstić information content (AvgIpc) is 3.31. The van der Waals surface area contributed by atoms with Crippen molar-refractivity contribution in [2.45, 2.75) is 51.1 Å². The van der Waals surface area contributed by atoms with E-state index in [9.17, 15) is 14.9 Å². The highest BCUT2D eigenvalue weighted by atomic mass is 35.5. The number of hydrogen-bond acceptors (Lipinski definition) is 7. The fraction of sp³-hybridized carbons (Fsp3) is 0.423. The van der Waals surface area contributed by atoms with Crippen LogP contribution in [0.3, 0.4) is 0 Å². The Balaban J connectivity index is 1.08. The zero-order valence-corrected chi connectivity index (χ0v) is 21.2. The normalized spacial score (nSPS) is 24.7. The Kier molecular flexibility index (Phi) is 5.68. The molecule has 0 spiro atoms. The number of carbonyl (C=O) groups is 2. The van der Waals surface area contributed by atoms with E-state index in [0.717, 1.165) is 30.4 Å². The van der Waals surface area contributed by atoms with Crippen molar-refractivity contribution in [3.05, 3.63) is 63.6 Å². The molecule has 0 bridgehead atoms. The summed E-state index contributed by atoms with van der Waals surface area (Å²) < 4.78 is 1.59. The summed E-state index contributed by atoms with van der Waals surface area (Å²) in [6, 6.07) is 9.07. The number of halogens is 1. The fourth-order valence-electron chi connectivity index (χ4n) is 5.43. The van der Waals surface area contributed by atoms with E-state index in [2.05, 4.69) is 31.9 Å². The van der Waals surface area contributed by atoms with Gasteiger partial charge in [-0.2, -0.15) is 10.4 Å². The lowest BCUT2D eigenvalue weighted by Gasteiger charge is -2.36. The molecule has 6 rings (SSSR count). The van der Waals surface area contributed by atoms with Gasteiger partial charge in [0.05, 0.1) is 29.6 Å². The number of hydrogen-bond donors (Lipinski definition) is 1. The van der Waals surface area contributed by atoms with Crippen LogP contribution in [0.1, 0.15) is 71.0 Å². The quantitative estimate of drug-likeness (QED) is 0.532. The smallest absolute Gasteiger partial charge is 0.273 e. The van der Waals surface area contributed by atoms with Crippen LogP contribution in [0, 0.1) is 30.1 Å². The number of rotatable bonds is 6. The SMILES string of the molecule is Cc1cc(N2C[C@H]3C[C@H]3C2=O)nnc1[C@H](C)n1cc(C(=O)NC2CC(c3cc(Cl)ccc3C#N)C2)nn1. The van der Waals surface area contributed by atoms with Crippen LogP contribution in [-0.2, 0) is 4.79 Å². The summed E-state index contributed by atoms with van der Waals surface area (Å²) in [5.74, 6) is 1.24. The van der Waals surface area contributed by atoms with E-state index < -0.39 is 0 Å². The Morgan fingerprint density at radius 3 is 2.73 bits per heavy atom. The summed E-state index contributed by atoms with van der Waals surface area (Å²) in [6.45, 7) is 4.56. The predicted octanol–water partition coefficient (Wildman–Crippen LogP) is 3.17. The maximum atomic E-state index is 12.8. The van der Waals surface area contributed by atoms with E-state index >= 15 is 0 Å². The molecule has 2 saturated carbocycles. The van der Waals surface area contributed by atoms with E-state index in [-0.39, 0.29) is 41.4 Å². The Morgan fingerprint density at radius 2 is 2.03 bits per heavy atom. The number of nitrogens with zero attached hydrogens (tertiary/aromatic N) is 7. The van der Waals surface area contributed by atoms with Crippen molar-refractivity contribution in [2.24, 2.45) is 11.8 Å². The molecule has 1 aliphatic heterocycles. The lowest BCUT2D eigenvalue weighted by molar-refractivity contribution is -0.118. The third-order valence-electron chi connectivity index (χ3n) is 7.79. The van der Waals surface area contributed by atoms with E-state index in [0.29, 0.717) is 34.6 Å². The van der Waals surface area contributed by atoms with E-state index in [1.165, 1.54) is 0 Å². The number of amides is 2. The summed E-state index contributed by atoms with van der Waals surface area (Å²) in [5, 5.41) is 29.9. The van der Waals surface area contributed by atoms with Crippen molar-refractivity contribution in [1.82, 2.24) is 30.5 Å². The van der Waals surface area contributed by atoms with Gasteiger partial charge in [0.2, 0.25) is 5.91 Å². The molecule has 11 heteroatoms. The topological polar surface area (TPSA) is 130 Å². The molecule has 2 amide bonds. The Hall–Kier alpha value is -3.84. The lowest BCUT2D eigenvalue weighted by Crippen LogP contribution is -2.43. The molecule has 3 aromatic rings. The van der Waals surface area contributed by atoms with Crippen molar-refractivity contribution in [3.63, 3.8) is 0 Å². The van der Waals surface area contributed by atoms with Crippen LogP contribution in [0.2, 0.25) is 5.02 Å². The summed E-state index contributed by atoms with van der Waals surface area (Å²) in [5.41, 5.74) is 3.36. The highest BCUT2D eigenvalue weighted by Crippen LogP contribution is 2.47. The largest absolute Gasteiger partial charge is 0.348 e. The third kappa shape index (κ3) is 4.23. The minimum atomic E-state index is -0.294. The second kappa shape index (κ2) is 8.92. The minimum absolute atomic E-state index is 0.00871. The zero-order chi connectivity index (χ0) is 25.8. The van der Waals surface area contributed by atoms with Gasteiger partial charge in [-0.3, -0.25) is 14.5 Å². The Morgan fingerprint density at radius 1 is 1.22 bits per heavy atom. The number of aromatic nitrogens is 5. The zero-order valence-electron chi connectivity index (χ0n) is 20.4. The molecule has 1 N–H and O–H groups in total. The highest BCUT2D eigenvalue weighted by molar-refractivity contribution is 6.30. The number of nitriles is 1. The maximum Gasteiger partial charge on any atom is 0.273 e. The van der Waals surface area contributed by atoms with Crippen molar-refractivity contribution < 1.29 is 9.59 Å². The Labute approximate surface area is 218 Å². The molecule has 3 aliphatic rings. The summed E-state index contributed by atoms with van der Waals surface area (Å²) in [7, 11) is 0. The van der Waals surface area contributed by atoms with Gasteiger partial charge in [0.1, 0.15) is 0 Å². The van der Waals surface area contributed by atoms with Crippen LogP contribution in [0.15, 0.2) is 30.5 Å². The van der Waals surface area contributed by atoms with E-state index in [1.807, 2.05) is 26.0 Å². The number of aryl methyl sites for hydroxylation is 1. The van der Waals surface area contributed by atoms with Crippen molar-refractivity contribution in [3.8, 4) is 6.07 Å². The first-order valence-corrected chi connectivity index (χ1v) is 12.8. The third-order valence-corrected chi connectivity index (χ3v) is 8.03. The van der Waals surface area contributed by atoms with Gasteiger partial charge in [-0.05, 0) is 80.3 Å². The van der Waals surface area contributed by atoms with Crippen molar-refractivity contribution in [2.75, 3.05) is 11.4 Å². The number of piperidine rings is 1. The number of nitrogens with one attached hydrogen (secondary N) is 1. The highest BCUT2D eigenvalue weighted by Gasteiger charge is 2.53. The monoisotopic (exact) mass is 516 g/mol. The number of carbonyl (C=O) groups excluding carboxylic acids is 2. The van der Waals surface area contributed by atoms with Gasteiger partial charge < -0.3 is 5.32 Å². The second-order valence-corrected chi connectivity index (χ2v) is 10.7.